The van der Waals surface area contributed by atoms with Gasteiger partial charge in [-0.15, -0.1) is 0 Å². The number of allylic oxidation sites excluding steroid dienone is 2. The molecule has 3 aliphatic rings. The van der Waals surface area contributed by atoms with Crippen LogP contribution in [0.1, 0.15) is 31.7 Å². The Bertz CT molecular complexity index is 949. The van der Waals surface area contributed by atoms with Gasteiger partial charge < -0.3 is 5.32 Å². The number of imide groups is 2. The Morgan fingerprint density at radius 2 is 1.68 bits per heavy atom. The van der Waals surface area contributed by atoms with Gasteiger partial charge in [0.2, 0.25) is 11.8 Å². The fourth-order valence-electron chi connectivity index (χ4n) is 4.32. The van der Waals surface area contributed by atoms with Gasteiger partial charge in [0.25, 0.3) is 11.8 Å². The molecule has 3 unspecified atom stereocenters. The van der Waals surface area contributed by atoms with Crippen molar-refractivity contribution in [2.75, 3.05) is 6.54 Å². The van der Waals surface area contributed by atoms with Crippen LogP contribution < -0.4 is 10.7 Å². The third-order valence-corrected chi connectivity index (χ3v) is 6.15. The molecule has 1 aliphatic carbocycles. The molecule has 0 bridgehead atoms. The van der Waals surface area contributed by atoms with E-state index >= 15 is 0 Å². The Balaban J connectivity index is 1.37. The highest BCUT2D eigenvalue weighted by atomic mass is 16.2. The van der Waals surface area contributed by atoms with Crippen molar-refractivity contribution in [1.29, 1.82) is 0 Å². The second-order valence-electron chi connectivity index (χ2n) is 8.34. The van der Waals surface area contributed by atoms with Crippen molar-refractivity contribution < 1.29 is 24.0 Å². The lowest BCUT2D eigenvalue weighted by Crippen LogP contribution is -2.52. The number of hydrogen-bond donors (Lipinski definition) is 2. The maximum atomic E-state index is 12.8. The summed E-state index contributed by atoms with van der Waals surface area (Å²) in [5, 5.41) is 3.26. The molecule has 3 atom stereocenters. The fraction of sp³-hybridized carbons (Fsp3) is 0.409. The first kappa shape index (κ1) is 20.8. The van der Waals surface area contributed by atoms with Crippen LogP contribution in [0.25, 0.3) is 0 Å². The number of nitrogens with zero attached hydrogens (tertiary/aromatic N) is 2. The van der Waals surface area contributed by atoms with E-state index in [0.717, 1.165) is 10.5 Å². The summed E-state index contributed by atoms with van der Waals surface area (Å²) in [6, 6.07) is 8.80. The van der Waals surface area contributed by atoms with Crippen LogP contribution in [-0.2, 0) is 25.6 Å². The van der Waals surface area contributed by atoms with Gasteiger partial charge in [0, 0.05) is 0 Å². The number of urea groups is 1. The van der Waals surface area contributed by atoms with E-state index < -0.39 is 41.8 Å². The Labute approximate surface area is 179 Å². The molecule has 4 rings (SSSR count). The highest BCUT2D eigenvalue weighted by Crippen LogP contribution is 2.34. The predicted molar refractivity (Wildman–Crippen MR) is 109 cm³/mol. The van der Waals surface area contributed by atoms with Gasteiger partial charge in [0.1, 0.15) is 12.1 Å². The van der Waals surface area contributed by atoms with Crippen LogP contribution in [0, 0.1) is 11.8 Å². The Morgan fingerprint density at radius 3 is 2.29 bits per heavy atom. The van der Waals surface area contributed by atoms with Gasteiger partial charge in [-0.25, -0.2) is 4.79 Å². The Hall–Kier alpha value is -3.49. The molecule has 2 N–H and O–H groups in total. The number of hydrazine groups is 1. The summed E-state index contributed by atoms with van der Waals surface area (Å²) in [5.41, 5.74) is 2.11. The van der Waals surface area contributed by atoms with Crippen molar-refractivity contribution in [2.45, 2.75) is 38.1 Å². The summed E-state index contributed by atoms with van der Waals surface area (Å²) in [6.45, 7) is 1.08. The second-order valence-corrected chi connectivity index (χ2v) is 8.34. The molecule has 2 heterocycles. The zero-order valence-electron chi connectivity index (χ0n) is 17.2. The smallest absolute Gasteiger partial charge is 0.322 e. The topological polar surface area (TPSA) is 116 Å². The number of carbonyl (C=O) groups excluding carboxylic acids is 5. The SMILES string of the molecule is CC1(CCc2ccccc2)NC(=O)N(NC(=O)CN2C(=O)C3CC=CCC3C2=O)C1=O. The van der Waals surface area contributed by atoms with Gasteiger partial charge in [-0.05, 0) is 38.2 Å². The summed E-state index contributed by atoms with van der Waals surface area (Å²) in [7, 11) is 0. The van der Waals surface area contributed by atoms with Crippen LogP contribution in [-0.4, -0.2) is 51.7 Å². The maximum absolute atomic E-state index is 12.8. The molecule has 2 saturated heterocycles. The van der Waals surface area contributed by atoms with E-state index in [1.165, 1.54) is 0 Å². The predicted octanol–water partition coefficient (Wildman–Crippen LogP) is 0.912. The van der Waals surface area contributed by atoms with Crippen LogP contribution in [0.4, 0.5) is 4.79 Å². The van der Waals surface area contributed by atoms with E-state index in [1.54, 1.807) is 6.92 Å². The van der Waals surface area contributed by atoms with Crippen molar-refractivity contribution in [1.82, 2.24) is 20.7 Å². The van der Waals surface area contributed by atoms with Crippen molar-refractivity contribution in [3.63, 3.8) is 0 Å². The summed E-state index contributed by atoms with van der Waals surface area (Å²) >= 11 is 0. The van der Waals surface area contributed by atoms with E-state index in [4.69, 9.17) is 0 Å². The summed E-state index contributed by atoms with van der Waals surface area (Å²) in [6.07, 6.45) is 5.59. The van der Waals surface area contributed by atoms with E-state index in [1.807, 2.05) is 42.5 Å². The van der Waals surface area contributed by atoms with Crippen molar-refractivity contribution in [3.8, 4) is 0 Å². The molecule has 9 nitrogen and oxygen atoms in total. The number of benzene rings is 1. The lowest BCUT2D eigenvalue weighted by molar-refractivity contribution is -0.145. The van der Waals surface area contributed by atoms with E-state index in [9.17, 15) is 24.0 Å². The number of nitrogens with one attached hydrogen (secondary N) is 2. The zero-order chi connectivity index (χ0) is 22.2. The number of fused-ring (bicyclic) bond motifs is 1. The summed E-state index contributed by atoms with van der Waals surface area (Å²) in [4.78, 5) is 63.6. The Morgan fingerprint density at radius 1 is 1.06 bits per heavy atom. The van der Waals surface area contributed by atoms with Gasteiger partial charge in [0.15, 0.2) is 0 Å². The van der Waals surface area contributed by atoms with Crippen LogP contribution in [0.2, 0.25) is 0 Å². The number of amides is 6. The molecule has 2 aliphatic heterocycles. The first-order chi connectivity index (χ1) is 14.8. The minimum absolute atomic E-state index is 0.355. The first-order valence-electron chi connectivity index (χ1n) is 10.3. The van der Waals surface area contributed by atoms with Crippen LogP contribution >= 0.6 is 0 Å². The molecule has 162 valence electrons. The van der Waals surface area contributed by atoms with Gasteiger partial charge >= 0.3 is 6.03 Å². The molecule has 1 aromatic carbocycles. The standard InChI is InChI=1S/C22H24N4O5/c1-22(12-11-14-7-3-2-4-8-14)20(30)26(21(31)23-22)24-17(27)13-25-18(28)15-9-5-6-10-16(15)19(25)29/h2-8,15-16H,9-13H2,1H3,(H,23,31)(H,24,27). The highest BCUT2D eigenvalue weighted by Gasteiger charge is 2.50. The van der Waals surface area contributed by atoms with E-state index in [2.05, 4.69) is 10.7 Å². The molecule has 0 saturated carbocycles. The zero-order valence-corrected chi connectivity index (χ0v) is 17.2. The average molecular weight is 424 g/mol. The van der Waals surface area contributed by atoms with Crippen molar-refractivity contribution in [2.24, 2.45) is 11.8 Å². The van der Waals surface area contributed by atoms with Gasteiger partial charge in [-0.2, -0.15) is 5.01 Å². The molecule has 1 aromatic rings. The third-order valence-electron chi connectivity index (χ3n) is 6.15. The molecule has 0 radical (unpaired) electrons. The molecule has 9 heteroatoms. The molecule has 31 heavy (non-hydrogen) atoms. The maximum Gasteiger partial charge on any atom is 0.344 e. The lowest BCUT2D eigenvalue weighted by Gasteiger charge is -2.22. The van der Waals surface area contributed by atoms with Crippen LogP contribution in [0.15, 0.2) is 42.5 Å². The van der Waals surface area contributed by atoms with E-state index in [-0.39, 0.29) is 11.8 Å². The van der Waals surface area contributed by atoms with Crippen LogP contribution in [0.5, 0.6) is 0 Å². The largest absolute Gasteiger partial charge is 0.344 e. The summed E-state index contributed by atoms with van der Waals surface area (Å²) < 4.78 is 0. The first-order valence-corrected chi connectivity index (χ1v) is 10.3. The lowest BCUT2D eigenvalue weighted by atomic mass is 9.85. The van der Waals surface area contributed by atoms with Crippen molar-refractivity contribution in [3.05, 3.63) is 48.0 Å². The number of rotatable bonds is 6. The van der Waals surface area contributed by atoms with Gasteiger partial charge in [-0.1, -0.05) is 42.5 Å². The van der Waals surface area contributed by atoms with Crippen molar-refractivity contribution >= 4 is 29.7 Å². The van der Waals surface area contributed by atoms with E-state index in [0.29, 0.717) is 30.7 Å². The van der Waals surface area contributed by atoms with Crippen LogP contribution in [0.3, 0.4) is 0 Å². The Kier molecular flexibility index (Phi) is 5.34. The number of likely N-dealkylation sites (tertiary alicyclic amines) is 1. The molecule has 2 fully saturated rings. The molecule has 0 aromatic heterocycles. The number of hydrogen-bond acceptors (Lipinski definition) is 5. The minimum atomic E-state index is -1.17. The average Bonchev–Trinajstić information content (AvgIpc) is 3.13. The molecule has 0 spiro atoms. The molecular formula is C22H24N4O5. The molecular weight excluding hydrogens is 400 g/mol. The quantitative estimate of drug-likeness (QED) is 0.400. The number of aryl methyl sites for hydroxylation is 1. The summed E-state index contributed by atoms with van der Waals surface area (Å²) in [5.74, 6) is -3.02. The minimum Gasteiger partial charge on any atom is -0.322 e. The third kappa shape index (κ3) is 3.83. The second kappa shape index (κ2) is 7.98. The van der Waals surface area contributed by atoms with Gasteiger partial charge in [0.05, 0.1) is 11.8 Å². The fourth-order valence-corrected chi connectivity index (χ4v) is 4.32. The normalized spacial score (nSPS) is 27.5. The highest BCUT2D eigenvalue weighted by molar-refractivity contribution is 6.09. The number of carbonyl (C=O) groups is 5. The van der Waals surface area contributed by atoms with Gasteiger partial charge in [-0.3, -0.25) is 29.5 Å². The monoisotopic (exact) mass is 424 g/mol. The molecule has 6 amide bonds.